The van der Waals surface area contributed by atoms with E-state index in [0.29, 0.717) is 0 Å². The molecule has 0 aromatic carbocycles. The third kappa shape index (κ3) is 2.47. The third-order valence-corrected chi connectivity index (χ3v) is 3.56. The minimum absolute atomic E-state index is 0.207. The molecule has 1 atom stereocenters. The summed E-state index contributed by atoms with van der Waals surface area (Å²) in [6, 6.07) is 2.37. The molecule has 0 radical (unpaired) electrons. The number of piperidine rings is 1. The number of nitrogens with zero attached hydrogens (tertiary/aromatic N) is 3. The average molecular weight is 247 g/mol. The standard InChI is InChI=1S/C14H21N3O/c1-11-8-12(9-15-14(11)16(2)3)13-6-4-5-7-17(13)10-18/h8-10,13H,4-7H2,1-3H3/t13-/m1/s1. The summed E-state index contributed by atoms with van der Waals surface area (Å²) in [6.07, 6.45) is 6.22. The van der Waals surface area contributed by atoms with Crippen LogP contribution >= 0.6 is 0 Å². The van der Waals surface area contributed by atoms with E-state index in [1.54, 1.807) is 0 Å². The Morgan fingerprint density at radius 2 is 2.22 bits per heavy atom. The fraction of sp³-hybridized carbons (Fsp3) is 0.571. The largest absolute Gasteiger partial charge is 0.363 e. The van der Waals surface area contributed by atoms with Crippen LogP contribution in [0.1, 0.15) is 36.4 Å². The highest BCUT2D eigenvalue weighted by Crippen LogP contribution is 2.30. The topological polar surface area (TPSA) is 36.4 Å². The SMILES string of the molecule is Cc1cc([C@H]2CCCCN2C=O)cnc1N(C)C. The van der Waals surface area contributed by atoms with Gasteiger partial charge >= 0.3 is 0 Å². The molecule has 1 aliphatic rings. The predicted octanol–water partition coefficient (Wildman–Crippen LogP) is 2.14. The number of anilines is 1. The van der Waals surface area contributed by atoms with E-state index >= 15 is 0 Å². The van der Waals surface area contributed by atoms with Crippen molar-refractivity contribution >= 4 is 12.2 Å². The highest BCUT2D eigenvalue weighted by atomic mass is 16.1. The maximum Gasteiger partial charge on any atom is 0.210 e. The van der Waals surface area contributed by atoms with E-state index in [4.69, 9.17) is 0 Å². The van der Waals surface area contributed by atoms with Crippen molar-refractivity contribution in [1.82, 2.24) is 9.88 Å². The van der Waals surface area contributed by atoms with Crippen molar-refractivity contribution in [3.05, 3.63) is 23.4 Å². The molecule has 1 aromatic heterocycles. The lowest BCUT2D eigenvalue weighted by atomic mass is 9.96. The van der Waals surface area contributed by atoms with E-state index in [-0.39, 0.29) is 6.04 Å². The van der Waals surface area contributed by atoms with Gasteiger partial charge in [-0.2, -0.15) is 0 Å². The zero-order valence-electron chi connectivity index (χ0n) is 11.4. The zero-order chi connectivity index (χ0) is 13.1. The van der Waals surface area contributed by atoms with Crippen molar-refractivity contribution in [3.63, 3.8) is 0 Å². The van der Waals surface area contributed by atoms with E-state index in [1.807, 2.05) is 30.1 Å². The number of aromatic nitrogens is 1. The van der Waals surface area contributed by atoms with Crippen LogP contribution < -0.4 is 4.90 Å². The fourth-order valence-electron chi connectivity index (χ4n) is 2.68. The first-order valence-electron chi connectivity index (χ1n) is 6.48. The van der Waals surface area contributed by atoms with Gasteiger partial charge in [0, 0.05) is 26.8 Å². The zero-order valence-corrected chi connectivity index (χ0v) is 11.4. The Morgan fingerprint density at radius 1 is 1.44 bits per heavy atom. The number of amides is 1. The molecule has 0 unspecified atom stereocenters. The molecule has 4 heteroatoms. The van der Waals surface area contributed by atoms with E-state index in [9.17, 15) is 4.79 Å². The van der Waals surface area contributed by atoms with Crippen LogP contribution in [0, 0.1) is 6.92 Å². The number of rotatable bonds is 3. The van der Waals surface area contributed by atoms with Crippen molar-refractivity contribution in [1.29, 1.82) is 0 Å². The molecule has 0 N–H and O–H groups in total. The Hall–Kier alpha value is -1.58. The van der Waals surface area contributed by atoms with Crippen LogP contribution in [0.25, 0.3) is 0 Å². The summed E-state index contributed by atoms with van der Waals surface area (Å²) in [4.78, 5) is 19.5. The van der Waals surface area contributed by atoms with Crippen molar-refractivity contribution in [2.45, 2.75) is 32.2 Å². The molecule has 18 heavy (non-hydrogen) atoms. The number of hydrogen-bond acceptors (Lipinski definition) is 3. The van der Waals surface area contributed by atoms with E-state index in [1.165, 1.54) is 6.42 Å². The minimum atomic E-state index is 0.207. The molecular formula is C14H21N3O. The lowest BCUT2D eigenvalue weighted by molar-refractivity contribution is -0.121. The van der Waals surface area contributed by atoms with E-state index in [2.05, 4.69) is 18.0 Å². The van der Waals surface area contributed by atoms with Gasteiger partial charge in [0.2, 0.25) is 6.41 Å². The van der Waals surface area contributed by atoms with Crippen molar-refractivity contribution in [3.8, 4) is 0 Å². The van der Waals surface area contributed by atoms with Gasteiger partial charge < -0.3 is 9.80 Å². The van der Waals surface area contributed by atoms with Gasteiger partial charge in [-0.1, -0.05) is 0 Å². The van der Waals surface area contributed by atoms with Crippen LogP contribution in [-0.4, -0.2) is 36.9 Å². The van der Waals surface area contributed by atoms with Gasteiger partial charge in [-0.3, -0.25) is 4.79 Å². The molecule has 0 bridgehead atoms. The highest BCUT2D eigenvalue weighted by Gasteiger charge is 2.23. The summed E-state index contributed by atoms with van der Waals surface area (Å²) in [5.74, 6) is 0.993. The molecule has 0 aliphatic carbocycles. The predicted molar refractivity (Wildman–Crippen MR) is 72.7 cm³/mol. The summed E-state index contributed by atoms with van der Waals surface area (Å²) in [5, 5.41) is 0. The summed E-state index contributed by atoms with van der Waals surface area (Å²) >= 11 is 0. The van der Waals surface area contributed by atoms with Crippen molar-refractivity contribution in [2.75, 3.05) is 25.5 Å². The Morgan fingerprint density at radius 3 is 2.83 bits per heavy atom. The number of aryl methyl sites for hydroxylation is 1. The van der Waals surface area contributed by atoms with E-state index < -0.39 is 0 Å². The van der Waals surface area contributed by atoms with Crippen molar-refractivity contribution < 1.29 is 4.79 Å². The summed E-state index contributed by atoms with van der Waals surface area (Å²) in [6.45, 7) is 2.93. The molecule has 4 nitrogen and oxygen atoms in total. The average Bonchev–Trinajstić information content (AvgIpc) is 2.38. The molecule has 1 amide bonds. The summed E-state index contributed by atoms with van der Waals surface area (Å²) in [7, 11) is 3.99. The van der Waals surface area contributed by atoms with Crippen LogP contribution in [0.5, 0.6) is 0 Å². The number of likely N-dealkylation sites (tertiary alicyclic amines) is 1. The Kier molecular flexibility index (Phi) is 3.84. The third-order valence-electron chi connectivity index (χ3n) is 3.56. The first kappa shape index (κ1) is 12.9. The molecule has 1 fully saturated rings. The van der Waals surface area contributed by atoms with Gasteiger partial charge in [-0.15, -0.1) is 0 Å². The number of carbonyl (C=O) groups excluding carboxylic acids is 1. The maximum absolute atomic E-state index is 11.1. The summed E-state index contributed by atoms with van der Waals surface area (Å²) in [5.41, 5.74) is 2.32. The van der Waals surface area contributed by atoms with Gasteiger partial charge in [-0.05, 0) is 43.4 Å². The van der Waals surface area contributed by atoms with Gasteiger partial charge in [0.05, 0.1) is 6.04 Å². The Balaban J connectivity index is 2.27. The lowest BCUT2D eigenvalue weighted by Crippen LogP contribution is -2.32. The number of pyridine rings is 1. The minimum Gasteiger partial charge on any atom is -0.363 e. The van der Waals surface area contributed by atoms with Gasteiger partial charge in [0.25, 0.3) is 0 Å². The van der Waals surface area contributed by atoms with Gasteiger partial charge in [0.1, 0.15) is 5.82 Å². The molecule has 2 rings (SSSR count). The highest BCUT2D eigenvalue weighted by molar-refractivity contribution is 5.51. The molecule has 1 aromatic rings. The van der Waals surface area contributed by atoms with E-state index in [0.717, 1.165) is 42.7 Å². The molecule has 98 valence electrons. The van der Waals surface area contributed by atoms with Crippen LogP contribution in [0.3, 0.4) is 0 Å². The van der Waals surface area contributed by atoms with Crippen LogP contribution in [0.4, 0.5) is 5.82 Å². The Labute approximate surface area is 109 Å². The van der Waals surface area contributed by atoms with Crippen molar-refractivity contribution in [2.24, 2.45) is 0 Å². The molecule has 0 saturated carbocycles. The second kappa shape index (κ2) is 5.38. The fourth-order valence-corrected chi connectivity index (χ4v) is 2.68. The normalized spacial score (nSPS) is 19.7. The smallest absolute Gasteiger partial charge is 0.210 e. The van der Waals surface area contributed by atoms with Crippen LogP contribution in [0.15, 0.2) is 12.3 Å². The first-order chi connectivity index (χ1) is 8.63. The molecule has 1 saturated heterocycles. The molecular weight excluding hydrogens is 226 g/mol. The number of hydrogen-bond donors (Lipinski definition) is 0. The number of carbonyl (C=O) groups is 1. The second-order valence-corrected chi connectivity index (χ2v) is 5.16. The van der Waals surface area contributed by atoms with Gasteiger partial charge in [-0.25, -0.2) is 4.98 Å². The molecule has 1 aliphatic heterocycles. The Bertz CT molecular complexity index is 431. The lowest BCUT2D eigenvalue weighted by Gasteiger charge is -2.33. The van der Waals surface area contributed by atoms with Gasteiger partial charge in [0.15, 0.2) is 0 Å². The molecule has 0 spiro atoms. The molecule has 2 heterocycles. The quantitative estimate of drug-likeness (QED) is 0.768. The van der Waals surface area contributed by atoms with Crippen LogP contribution in [0.2, 0.25) is 0 Å². The summed E-state index contributed by atoms with van der Waals surface area (Å²) < 4.78 is 0. The monoisotopic (exact) mass is 247 g/mol. The second-order valence-electron chi connectivity index (χ2n) is 5.16. The first-order valence-corrected chi connectivity index (χ1v) is 6.48. The van der Waals surface area contributed by atoms with Crippen LogP contribution in [-0.2, 0) is 4.79 Å². The maximum atomic E-state index is 11.1.